The second-order valence-corrected chi connectivity index (χ2v) is 6.35. The van der Waals surface area contributed by atoms with Crippen molar-refractivity contribution in [2.45, 2.75) is 19.3 Å². The number of fused-ring (bicyclic) bond motifs is 1. The van der Waals surface area contributed by atoms with E-state index in [1.807, 2.05) is 12.1 Å². The number of nitrogens with two attached hydrogens (primary N) is 1. The van der Waals surface area contributed by atoms with Gasteiger partial charge in [0.25, 0.3) is 0 Å². The number of carbonyl (C=O) groups excluding carboxylic acids is 1. The first-order valence-electron chi connectivity index (χ1n) is 5.30. The minimum absolute atomic E-state index is 0.385. The highest BCUT2D eigenvalue weighted by Crippen LogP contribution is 2.37. The van der Waals surface area contributed by atoms with E-state index in [4.69, 9.17) is 10.5 Å². The predicted octanol–water partition coefficient (Wildman–Crippen LogP) is 2.83. The number of nitrogens with zero attached hydrogens (tertiary/aromatic N) is 1. The van der Waals surface area contributed by atoms with Crippen LogP contribution in [0.25, 0.3) is 10.2 Å². The molecule has 96 valence electrons. The van der Waals surface area contributed by atoms with Gasteiger partial charge in [-0.2, -0.15) is 0 Å². The summed E-state index contributed by atoms with van der Waals surface area (Å²) >= 11 is 4.91. The lowest BCUT2D eigenvalue weighted by Gasteiger charge is -2.16. The summed E-state index contributed by atoms with van der Waals surface area (Å²) in [6, 6.07) is 3.75. The molecule has 0 saturated heterocycles. The molecule has 0 atom stereocenters. The third kappa shape index (κ3) is 2.10. The number of thiazole rings is 1. The summed E-state index contributed by atoms with van der Waals surface area (Å²) in [6.45, 7) is 3.55. The van der Waals surface area contributed by atoms with E-state index in [-0.39, 0.29) is 5.91 Å². The molecule has 0 aliphatic carbocycles. The van der Waals surface area contributed by atoms with Gasteiger partial charge in [-0.25, -0.2) is 4.98 Å². The van der Waals surface area contributed by atoms with Crippen molar-refractivity contribution >= 4 is 43.4 Å². The zero-order valence-corrected chi connectivity index (χ0v) is 12.7. The highest BCUT2D eigenvalue weighted by molar-refractivity contribution is 9.10. The Hall–Kier alpha value is -1.14. The van der Waals surface area contributed by atoms with E-state index >= 15 is 0 Å². The summed E-state index contributed by atoms with van der Waals surface area (Å²) in [5.74, 6) is 0.367. The number of rotatable bonds is 3. The molecule has 0 bridgehead atoms. The maximum atomic E-state index is 11.5. The van der Waals surface area contributed by atoms with Crippen molar-refractivity contribution in [2.24, 2.45) is 5.73 Å². The van der Waals surface area contributed by atoms with Crippen LogP contribution in [0, 0.1) is 0 Å². The monoisotopic (exact) mass is 328 g/mol. The molecular weight excluding hydrogens is 316 g/mol. The molecule has 2 rings (SSSR count). The van der Waals surface area contributed by atoms with Crippen molar-refractivity contribution in [3.05, 3.63) is 21.6 Å². The molecule has 0 radical (unpaired) electrons. The number of benzene rings is 1. The highest BCUT2D eigenvalue weighted by atomic mass is 79.9. The molecule has 2 N–H and O–H groups in total. The van der Waals surface area contributed by atoms with E-state index in [0.29, 0.717) is 5.01 Å². The van der Waals surface area contributed by atoms with Crippen LogP contribution in [0.15, 0.2) is 16.6 Å². The summed E-state index contributed by atoms with van der Waals surface area (Å²) in [5, 5.41) is 0.707. The van der Waals surface area contributed by atoms with Gasteiger partial charge in [0.05, 0.1) is 22.7 Å². The SMILES string of the molecule is COc1cc(Br)c2nc(C(C)(C)C(N)=O)sc2c1. The molecule has 1 aromatic carbocycles. The van der Waals surface area contributed by atoms with Crippen molar-refractivity contribution in [2.75, 3.05) is 7.11 Å². The number of methoxy groups -OCH3 is 1. The van der Waals surface area contributed by atoms with E-state index in [2.05, 4.69) is 20.9 Å². The Labute approximate surface area is 117 Å². The first-order chi connectivity index (χ1) is 8.36. The molecule has 1 aromatic heterocycles. The van der Waals surface area contributed by atoms with Gasteiger partial charge >= 0.3 is 0 Å². The number of aromatic nitrogens is 1. The van der Waals surface area contributed by atoms with Gasteiger partial charge in [-0.05, 0) is 41.9 Å². The van der Waals surface area contributed by atoms with E-state index in [1.54, 1.807) is 21.0 Å². The van der Waals surface area contributed by atoms with E-state index in [0.717, 1.165) is 20.4 Å². The Morgan fingerprint density at radius 3 is 2.72 bits per heavy atom. The average molecular weight is 329 g/mol. The van der Waals surface area contributed by atoms with Crippen LogP contribution in [0.1, 0.15) is 18.9 Å². The molecule has 1 amide bonds. The van der Waals surface area contributed by atoms with Gasteiger partial charge in [-0.3, -0.25) is 4.79 Å². The Balaban J connectivity index is 2.64. The van der Waals surface area contributed by atoms with Crippen molar-refractivity contribution < 1.29 is 9.53 Å². The number of ether oxygens (including phenoxy) is 1. The quantitative estimate of drug-likeness (QED) is 0.942. The predicted molar refractivity (Wildman–Crippen MR) is 76.1 cm³/mol. The number of halogens is 1. The smallest absolute Gasteiger partial charge is 0.229 e. The first-order valence-corrected chi connectivity index (χ1v) is 6.91. The van der Waals surface area contributed by atoms with Crippen LogP contribution in [-0.4, -0.2) is 18.0 Å². The molecule has 6 heteroatoms. The molecule has 0 spiro atoms. The first kappa shape index (κ1) is 13.3. The number of primary amides is 1. The zero-order valence-electron chi connectivity index (χ0n) is 10.3. The molecule has 18 heavy (non-hydrogen) atoms. The molecule has 2 aromatic rings. The molecule has 1 heterocycles. The third-order valence-corrected chi connectivity index (χ3v) is 4.74. The number of amides is 1. The van der Waals surface area contributed by atoms with Crippen molar-refractivity contribution in [1.82, 2.24) is 4.98 Å². The Morgan fingerprint density at radius 1 is 1.50 bits per heavy atom. The fraction of sp³-hybridized carbons (Fsp3) is 0.333. The van der Waals surface area contributed by atoms with Gasteiger partial charge in [-0.1, -0.05) is 0 Å². The standard InChI is InChI=1S/C12H13BrN2O2S/c1-12(2,10(14)16)11-15-9-7(13)4-6(17-3)5-8(9)18-11/h4-5H,1-3H3,(H2,14,16). The molecule has 0 unspecified atom stereocenters. The van der Waals surface area contributed by atoms with Gasteiger partial charge < -0.3 is 10.5 Å². The van der Waals surface area contributed by atoms with Gasteiger partial charge in [0, 0.05) is 4.47 Å². The van der Waals surface area contributed by atoms with Crippen LogP contribution in [0.4, 0.5) is 0 Å². The van der Waals surface area contributed by atoms with Crippen molar-refractivity contribution in [1.29, 1.82) is 0 Å². The minimum atomic E-state index is -0.767. The van der Waals surface area contributed by atoms with E-state index < -0.39 is 5.41 Å². The molecule has 0 aliphatic rings. The molecule has 0 fully saturated rings. The van der Waals surface area contributed by atoms with Crippen molar-refractivity contribution in [3.8, 4) is 5.75 Å². The number of carbonyl (C=O) groups is 1. The van der Waals surface area contributed by atoms with Gasteiger partial charge in [0.1, 0.15) is 10.8 Å². The van der Waals surface area contributed by atoms with Gasteiger partial charge in [-0.15, -0.1) is 11.3 Å². The van der Waals surface area contributed by atoms with Crippen LogP contribution in [0.3, 0.4) is 0 Å². The molecular formula is C12H13BrN2O2S. The molecule has 0 saturated carbocycles. The Kier molecular flexibility index (Phi) is 3.33. The van der Waals surface area contributed by atoms with E-state index in [9.17, 15) is 4.79 Å². The summed E-state index contributed by atoms with van der Waals surface area (Å²) in [7, 11) is 1.61. The van der Waals surface area contributed by atoms with Crippen LogP contribution in [0.2, 0.25) is 0 Å². The topological polar surface area (TPSA) is 65.2 Å². The normalized spacial score (nSPS) is 11.8. The number of hydrogen-bond donors (Lipinski definition) is 1. The lowest BCUT2D eigenvalue weighted by Crippen LogP contribution is -2.35. The average Bonchev–Trinajstić information content (AvgIpc) is 2.73. The zero-order chi connectivity index (χ0) is 13.5. The second kappa shape index (κ2) is 4.51. The maximum absolute atomic E-state index is 11.5. The number of hydrogen-bond acceptors (Lipinski definition) is 4. The second-order valence-electron chi connectivity index (χ2n) is 4.46. The van der Waals surface area contributed by atoms with Gasteiger partial charge in [0.15, 0.2) is 0 Å². The fourth-order valence-electron chi connectivity index (χ4n) is 1.46. The molecule has 4 nitrogen and oxygen atoms in total. The van der Waals surface area contributed by atoms with Crippen LogP contribution >= 0.6 is 27.3 Å². The molecule has 0 aliphatic heterocycles. The Morgan fingerprint density at radius 2 is 2.17 bits per heavy atom. The summed E-state index contributed by atoms with van der Waals surface area (Å²) in [5.41, 5.74) is 5.47. The van der Waals surface area contributed by atoms with E-state index in [1.165, 1.54) is 11.3 Å². The van der Waals surface area contributed by atoms with Crippen LogP contribution < -0.4 is 10.5 Å². The largest absolute Gasteiger partial charge is 0.497 e. The summed E-state index contributed by atoms with van der Waals surface area (Å²) in [6.07, 6.45) is 0. The van der Waals surface area contributed by atoms with Gasteiger partial charge in [0.2, 0.25) is 5.91 Å². The fourth-order valence-corrected chi connectivity index (χ4v) is 3.24. The minimum Gasteiger partial charge on any atom is -0.497 e. The van der Waals surface area contributed by atoms with Crippen LogP contribution in [0.5, 0.6) is 5.75 Å². The lowest BCUT2D eigenvalue weighted by atomic mass is 9.94. The highest BCUT2D eigenvalue weighted by Gasteiger charge is 2.31. The third-order valence-electron chi connectivity index (χ3n) is 2.81. The maximum Gasteiger partial charge on any atom is 0.229 e. The van der Waals surface area contributed by atoms with Crippen LogP contribution in [-0.2, 0) is 10.2 Å². The Bertz CT molecular complexity index is 622. The van der Waals surface area contributed by atoms with Crippen molar-refractivity contribution in [3.63, 3.8) is 0 Å². The summed E-state index contributed by atoms with van der Waals surface area (Å²) in [4.78, 5) is 16.0. The summed E-state index contributed by atoms with van der Waals surface area (Å²) < 4.78 is 7.01. The lowest BCUT2D eigenvalue weighted by molar-refractivity contribution is -0.122.